The first-order chi connectivity index (χ1) is 12.1. The second-order valence-electron chi connectivity index (χ2n) is 6.69. The third-order valence-electron chi connectivity index (χ3n) is 4.77. The molecule has 2 aromatic rings. The monoisotopic (exact) mass is 337 g/mol. The highest BCUT2D eigenvalue weighted by Gasteiger charge is 2.39. The summed E-state index contributed by atoms with van der Waals surface area (Å²) < 4.78 is 5.50. The minimum absolute atomic E-state index is 0.106. The fourth-order valence-electron chi connectivity index (χ4n) is 3.24. The summed E-state index contributed by atoms with van der Waals surface area (Å²) >= 11 is 0. The number of benzene rings is 2. The minimum atomic E-state index is 0.106. The van der Waals surface area contributed by atoms with Crippen molar-refractivity contribution in [2.24, 2.45) is 4.99 Å². The van der Waals surface area contributed by atoms with E-state index in [0.717, 1.165) is 23.7 Å². The Bertz CT molecular complexity index is 742. The topological polar surface area (TPSA) is 45.7 Å². The van der Waals surface area contributed by atoms with Gasteiger partial charge in [-0.2, -0.15) is 0 Å². The summed E-state index contributed by atoms with van der Waals surface area (Å²) in [5.74, 6) is 2.30. The van der Waals surface area contributed by atoms with E-state index < -0.39 is 0 Å². The van der Waals surface area contributed by atoms with E-state index in [1.807, 2.05) is 13.1 Å². The number of guanidine groups is 1. The zero-order valence-electron chi connectivity index (χ0n) is 15.4. The highest BCUT2D eigenvalue weighted by molar-refractivity contribution is 5.81. The van der Waals surface area contributed by atoms with Crippen LogP contribution in [0.5, 0.6) is 5.75 Å². The van der Waals surface area contributed by atoms with Crippen molar-refractivity contribution in [3.05, 3.63) is 65.2 Å². The second-order valence-corrected chi connectivity index (χ2v) is 6.69. The standard InChI is InChI=1S/C21H27N3O/c1-14-10-11-20(25-4)17(12-14)15(2)23-21(22-3)24-19-13-18(19)16-8-6-5-7-9-16/h5-12,15,18-19H,13H2,1-4H3,(H2,22,23,24). The lowest BCUT2D eigenvalue weighted by Crippen LogP contribution is -2.40. The van der Waals surface area contributed by atoms with Gasteiger partial charge in [-0.15, -0.1) is 0 Å². The average Bonchev–Trinajstić information content (AvgIpc) is 3.41. The second kappa shape index (κ2) is 7.60. The summed E-state index contributed by atoms with van der Waals surface area (Å²) in [6, 6.07) is 17.5. The molecule has 3 unspecified atom stereocenters. The van der Waals surface area contributed by atoms with Gasteiger partial charge in [0, 0.05) is 24.6 Å². The Kier molecular flexibility index (Phi) is 5.27. The van der Waals surface area contributed by atoms with Crippen LogP contribution in [0.1, 0.15) is 42.0 Å². The fourth-order valence-corrected chi connectivity index (χ4v) is 3.24. The SMILES string of the molecule is CN=C(NC(C)c1cc(C)ccc1OC)NC1CC1c1ccccc1. The van der Waals surface area contributed by atoms with E-state index in [4.69, 9.17) is 4.74 Å². The van der Waals surface area contributed by atoms with Crippen LogP contribution in [0.3, 0.4) is 0 Å². The number of hydrogen-bond donors (Lipinski definition) is 2. The predicted molar refractivity (Wildman–Crippen MR) is 103 cm³/mol. The summed E-state index contributed by atoms with van der Waals surface area (Å²) in [5.41, 5.74) is 3.75. The van der Waals surface area contributed by atoms with Gasteiger partial charge in [-0.05, 0) is 31.9 Å². The van der Waals surface area contributed by atoms with Crippen LogP contribution in [-0.2, 0) is 0 Å². The summed E-state index contributed by atoms with van der Waals surface area (Å²) in [4.78, 5) is 4.39. The zero-order valence-corrected chi connectivity index (χ0v) is 15.4. The van der Waals surface area contributed by atoms with Crippen molar-refractivity contribution in [2.75, 3.05) is 14.2 Å². The number of methoxy groups -OCH3 is 1. The molecule has 1 aliphatic rings. The van der Waals surface area contributed by atoms with Gasteiger partial charge in [0.2, 0.25) is 0 Å². The van der Waals surface area contributed by atoms with Crippen molar-refractivity contribution < 1.29 is 4.74 Å². The molecule has 0 aromatic heterocycles. The van der Waals surface area contributed by atoms with Crippen molar-refractivity contribution >= 4 is 5.96 Å². The van der Waals surface area contributed by atoms with E-state index >= 15 is 0 Å². The Labute approximate surface area is 150 Å². The molecule has 1 aliphatic carbocycles. The Balaban J connectivity index is 1.63. The third kappa shape index (κ3) is 4.13. The number of hydrogen-bond acceptors (Lipinski definition) is 2. The summed E-state index contributed by atoms with van der Waals surface area (Å²) in [5, 5.41) is 7.03. The molecular formula is C21H27N3O. The van der Waals surface area contributed by atoms with Crippen LogP contribution in [-0.4, -0.2) is 26.2 Å². The molecule has 0 saturated heterocycles. The molecule has 1 fully saturated rings. The van der Waals surface area contributed by atoms with Crippen molar-refractivity contribution in [1.29, 1.82) is 0 Å². The molecule has 132 valence electrons. The number of aryl methyl sites for hydroxylation is 1. The molecule has 3 rings (SSSR count). The smallest absolute Gasteiger partial charge is 0.191 e. The maximum absolute atomic E-state index is 5.50. The molecule has 0 amide bonds. The number of aliphatic imine (C=N–C) groups is 1. The lowest BCUT2D eigenvalue weighted by molar-refractivity contribution is 0.405. The molecule has 0 aliphatic heterocycles. The van der Waals surface area contributed by atoms with E-state index in [1.54, 1.807) is 7.11 Å². The molecule has 1 saturated carbocycles. The molecule has 3 atom stereocenters. The van der Waals surface area contributed by atoms with Crippen LogP contribution in [0, 0.1) is 6.92 Å². The molecular weight excluding hydrogens is 310 g/mol. The normalized spacial score (nSPS) is 20.7. The van der Waals surface area contributed by atoms with Crippen LogP contribution in [0.4, 0.5) is 0 Å². The Morgan fingerprint density at radius 1 is 1.20 bits per heavy atom. The van der Waals surface area contributed by atoms with Crippen LogP contribution >= 0.6 is 0 Å². The van der Waals surface area contributed by atoms with Gasteiger partial charge >= 0.3 is 0 Å². The van der Waals surface area contributed by atoms with Gasteiger partial charge in [0.1, 0.15) is 5.75 Å². The van der Waals surface area contributed by atoms with Crippen LogP contribution in [0.2, 0.25) is 0 Å². The molecule has 2 aromatic carbocycles. The molecule has 4 heteroatoms. The van der Waals surface area contributed by atoms with Crippen LogP contribution < -0.4 is 15.4 Å². The first-order valence-corrected chi connectivity index (χ1v) is 8.81. The molecule has 25 heavy (non-hydrogen) atoms. The molecule has 0 heterocycles. The molecule has 0 spiro atoms. The lowest BCUT2D eigenvalue weighted by atomic mass is 10.0. The van der Waals surface area contributed by atoms with E-state index in [2.05, 4.69) is 71.9 Å². The number of nitrogens with zero attached hydrogens (tertiary/aromatic N) is 1. The maximum atomic E-state index is 5.50. The maximum Gasteiger partial charge on any atom is 0.191 e. The van der Waals surface area contributed by atoms with E-state index in [-0.39, 0.29) is 6.04 Å². The summed E-state index contributed by atoms with van der Waals surface area (Å²) in [7, 11) is 3.53. The first kappa shape index (κ1) is 17.3. The lowest BCUT2D eigenvalue weighted by Gasteiger charge is -2.21. The van der Waals surface area contributed by atoms with Crippen LogP contribution in [0.25, 0.3) is 0 Å². The molecule has 0 radical (unpaired) electrons. The van der Waals surface area contributed by atoms with Gasteiger partial charge < -0.3 is 15.4 Å². The fraction of sp³-hybridized carbons (Fsp3) is 0.381. The van der Waals surface area contributed by atoms with Gasteiger partial charge in [-0.3, -0.25) is 4.99 Å². The van der Waals surface area contributed by atoms with E-state index in [9.17, 15) is 0 Å². The van der Waals surface area contributed by atoms with Crippen molar-refractivity contribution in [1.82, 2.24) is 10.6 Å². The highest BCUT2D eigenvalue weighted by atomic mass is 16.5. The molecule has 0 bridgehead atoms. The van der Waals surface area contributed by atoms with Gasteiger partial charge in [-0.1, -0.05) is 48.0 Å². The van der Waals surface area contributed by atoms with Gasteiger partial charge in [0.25, 0.3) is 0 Å². The quantitative estimate of drug-likeness (QED) is 0.645. The minimum Gasteiger partial charge on any atom is -0.496 e. The van der Waals surface area contributed by atoms with Crippen molar-refractivity contribution in [3.63, 3.8) is 0 Å². The highest BCUT2D eigenvalue weighted by Crippen LogP contribution is 2.40. The Morgan fingerprint density at radius 3 is 2.64 bits per heavy atom. The molecule has 4 nitrogen and oxygen atoms in total. The Morgan fingerprint density at radius 2 is 1.96 bits per heavy atom. The summed E-state index contributed by atoms with van der Waals surface area (Å²) in [6.45, 7) is 4.23. The summed E-state index contributed by atoms with van der Waals surface area (Å²) in [6.07, 6.45) is 1.15. The van der Waals surface area contributed by atoms with Crippen LogP contribution in [0.15, 0.2) is 53.5 Å². The number of rotatable bonds is 5. The first-order valence-electron chi connectivity index (χ1n) is 8.81. The van der Waals surface area contributed by atoms with Crippen molar-refractivity contribution in [3.8, 4) is 5.75 Å². The third-order valence-corrected chi connectivity index (χ3v) is 4.77. The number of nitrogens with one attached hydrogen (secondary N) is 2. The largest absolute Gasteiger partial charge is 0.496 e. The average molecular weight is 337 g/mol. The number of ether oxygens (including phenoxy) is 1. The molecule has 2 N–H and O–H groups in total. The van der Waals surface area contributed by atoms with Gasteiger partial charge in [0.05, 0.1) is 13.2 Å². The Hall–Kier alpha value is -2.49. The van der Waals surface area contributed by atoms with E-state index in [1.165, 1.54) is 11.1 Å². The predicted octanol–water partition coefficient (Wildman–Crippen LogP) is 3.79. The van der Waals surface area contributed by atoms with Gasteiger partial charge in [0.15, 0.2) is 5.96 Å². The van der Waals surface area contributed by atoms with E-state index in [0.29, 0.717) is 12.0 Å². The van der Waals surface area contributed by atoms with Gasteiger partial charge in [-0.25, -0.2) is 0 Å². The zero-order chi connectivity index (χ0) is 17.8. The van der Waals surface area contributed by atoms with Crippen molar-refractivity contribution in [2.45, 2.75) is 38.3 Å².